The molecule has 1 aliphatic rings. The van der Waals surface area contributed by atoms with E-state index < -0.39 is 10.0 Å². The maximum Gasteiger partial charge on any atom is 0.275 e. The molecule has 1 fully saturated rings. The van der Waals surface area contributed by atoms with E-state index >= 15 is 0 Å². The molecule has 0 aliphatic carbocycles. The molecule has 194 valence electrons. The first-order valence-corrected chi connectivity index (χ1v) is 14.1. The Labute approximate surface area is 220 Å². The van der Waals surface area contributed by atoms with Crippen LogP contribution in [0.1, 0.15) is 35.6 Å². The van der Waals surface area contributed by atoms with Crippen LogP contribution in [-0.2, 0) is 27.6 Å². The molecule has 0 bridgehead atoms. The van der Waals surface area contributed by atoms with Crippen LogP contribution in [0, 0.1) is 0 Å². The van der Waals surface area contributed by atoms with E-state index in [0.717, 1.165) is 11.1 Å². The third-order valence-corrected chi connectivity index (χ3v) is 8.89. The van der Waals surface area contributed by atoms with Crippen molar-refractivity contribution in [3.63, 3.8) is 0 Å². The SMILES string of the molecule is CC(c1ccccc1)c1cn(C)c(=O)c2c1cc(-c1cnn(C3COC3)c1)n2S(=O)(=O)Cc1ccccc1. The van der Waals surface area contributed by atoms with Gasteiger partial charge in [-0.05, 0) is 22.8 Å². The summed E-state index contributed by atoms with van der Waals surface area (Å²) in [5, 5.41) is 5.10. The molecule has 0 spiro atoms. The molecule has 3 aromatic heterocycles. The van der Waals surface area contributed by atoms with Crippen LogP contribution in [0.4, 0.5) is 0 Å². The van der Waals surface area contributed by atoms with Crippen LogP contribution in [0.15, 0.2) is 90.1 Å². The van der Waals surface area contributed by atoms with E-state index in [1.54, 1.807) is 30.1 Å². The summed E-state index contributed by atoms with van der Waals surface area (Å²) in [7, 11) is -2.32. The molecule has 1 aliphatic heterocycles. The van der Waals surface area contributed by atoms with Crippen LogP contribution in [0.25, 0.3) is 22.2 Å². The van der Waals surface area contributed by atoms with E-state index in [0.29, 0.717) is 35.4 Å². The first-order chi connectivity index (χ1) is 18.3. The lowest BCUT2D eigenvalue weighted by Gasteiger charge is -2.25. The summed E-state index contributed by atoms with van der Waals surface area (Å²) in [6.45, 7) is 3.20. The van der Waals surface area contributed by atoms with Gasteiger partial charge < -0.3 is 9.30 Å². The second-order valence-corrected chi connectivity index (χ2v) is 11.6. The van der Waals surface area contributed by atoms with Crippen LogP contribution < -0.4 is 5.56 Å². The predicted octanol–water partition coefficient (Wildman–Crippen LogP) is 4.30. The number of aryl methyl sites for hydroxylation is 1. The van der Waals surface area contributed by atoms with Crippen LogP contribution >= 0.6 is 0 Å². The lowest BCUT2D eigenvalue weighted by Crippen LogP contribution is -2.30. The van der Waals surface area contributed by atoms with Crippen molar-refractivity contribution >= 4 is 20.9 Å². The molecule has 0 radical (unpaired) electrons. The standard InChI is InChI=1S/C29H28N4O4S/c1-20(22-11-7-4-8-12-22)26-16-31(2)29(34)28-25(26)13-27(23-14-30-32(15-23)24-17-37-18-24)33(28)38(35,36)19-21-9-5-3-6-10-21/h3-16,20,24H,17-19H2,1-2H3. The van der Waals surface area contributed by atoms with Crippen molar-refractivity contribution in [3.8, 4) is 11.3 Å². The van der Waals surface area contributed by atoms with Crippen molar-refractivity contribution in [2.75, 3.05) is 13.2 Å². The number of aromatic nitrogens is 4. The molecule has 2 aromatic carbocycles. The van der Waals surface area contributed by atoms with Gasteiger partial charge in [-0.3, -0.25) is 9.48 Å². The Morgan fingerprint density at radius 2 is 1.71 bits per heavy atom. The zero-order valence-electron chi connectivity index (χ0n) is 21.2. The van der Waals surface area contributed by atoms with Gasteiger partial charge in [0.05, 0.1) is 36.9 Å². The molecule has 1 unspecified atom stereocenters. The zero-order valence-corrected chi connectivity index (χ0v) is 22.0. The summed E-state index contributed by atoms with van der Waals surface area (Å²) in [5.74, 6) is -0.308. The highest BCUT2D eigenvalue weighted by molar-refractivity contribution is 7.89. The maximum absolute atomic E-state index is 14.1. The van der Waals surface area contributed by atoms with E-state index in [9.17, 15) is 13.2 Å². The van der Waals surface area contributed by atoms with E-state index in [1.165, 1.54) is 8.54 Å². The second kappa shape index (κ2) is 9.41. The molecule has 0 saturated carbocycles. The minimum Gasteiger partial charge on any atom is -0.377 e. The minimum absolute atomic E-state index is 0.0686. The Kier molecular flexibility index (Phi) is 6.04. The number of ether oxygens (including phenoxy) is 1. The fourth-order valence-electron chi connectivity index (χ4n) is 5.07. The van der Waals surface area contributed by atoms with Gasteiger partial charge in [-0.2, -0.15) is 5.10 Å². The first-order valence-electron chi connectivity index (χ1n) is 12.5. The molecule has 0 N–H and O–H groups in total. The van der Waals surface area contributed by atoms with Crippen LogP contribution in [0.5, 0.6) is 0 Å². The molecule has 0 amide bonds. The molecule has 4 heterocycles. The molecule has 1 atom stereocenters. The molecule has 38 heavy (non-hydrogen) atoms. The summed E-state index contributed by atoms with van der Waals surface area (Å²) >= 11 is 0. The van der Waals surface area contributed by atoms with Gasteiger partial charge in [0.2, 0.25) is 10.0 Å². The summed E-state index contributed by atoms with van der Waals surface area (Å²) in [6.07, 6.45) is 5.31. The van der Waals surface area contributed by atoms with Gasteiger partial charge in [0.15, 0.2) is 0 Å². The van der Waals surface area contributed by atoms with Crippen molar-refractivity contribution < 1.29 is 13.2 Å². The maximum atomic E-state index is 14.1. The van der Waals surface area contributed by atoms with Gasteiger partial charge in [0, 0.05) is 36.3 Å². The van der Waals surface area contributed by atoms with Crippen LogP contribution in [0.2, 0.25) is 0 Å². The number of hydrogen-bond acceptors (Lipinski definition) is 5. The summed E-state index contributed by atoms with van der Waals surface area (Å²) in [5.41, 5.74) is 3.44. The Bertz CT molecular complexity index is 1780. The highest BCUT2D eigenvalue weighted by Crippen LogP contribution is 2.36. The molecule has 1 saturated heterocycles. The fourth-order valence-corrected chi connectivity index (χ4v) is 6.73. The second-order valence-electron chi connectivity index (χ2n) is 9.83. The molecule has 6 rings (SSSR count). The lowest BCUT2D eigenvalue weighted by atomic mass is 9.92. The van der Waals surface area contributed by atoms with Gasteiger partial charge in [-0.15, -0.1) is 0 Å². The third kappa shape index (κ3) is 4.17. The number of fused-ring (bicyclic) bond motifs is 1. The smallest absolute Gasteiger partial charge is 0.275 e. The topological polar surface area (TPSA) is 88.1 Å². The van der Waals surface area contributed by atoms with Gasteiger partial charge >= 0.3 is 0 Å². The van der Waals surface area contributed by atoms with E-state index in [1.807, 2.05) is 67.0 Å². The van der Waals surface area contributed by atoms with E-state index in [4.69, 9.17) is 4.74 Å². The first kappa shape index (κ1) is 24.4. The van der Waals surface area contributed by atoms with Crippen LogP contribution in [0.3, 0.4) is 0 Å². The predicted molar refractivity (Wildman–Crippen MR) is 147 cm³/mol. The van der Waals surface area contributed by atoms with Crippen molar-refractivity contribution in [2.24, 2.45) is 7.05 Å². The number of rotatable bonds is 7. The zero-order chi connectivity index (χ0) is 26.4. The summed E-state index contributed by atoms with van der Waals surface area (Å²) in [4.78, 5) is 13.6. The van der Waals surface area contributed by atoms with Gasteiger partial charge in [0.25, 0.3) is 5.56 Å². The number of benzene rings is 2. The monoisotopic (exact) mass is 528 g/mol. The van der Waals surface area contributed by atoms with Gasteiger partial charge in [-0.25, -0.2) is 12.4 Å². The van der Waals surface area contributed by atoms with Crippen molar-refractivity contribution in [3.05, 3.63) is 112 Å². The van der Waals surface area contributed by atoms with E-state index in [-0.39, 0.29) is 28.8 Å². The average Bonchev–Trinajstić information content (AvgIpc) is 3.52. The highest BCUT2D eigenvalue weighted by atomic mass is 32.2. The molecular weight excluding hydrogens is 500 g/mol. The van der Waals surface area contributed by atoms with Gasteiger partial charge in [0.1, 0.15) is 5.52 Å². The third-order valence-electron chi connectivity index (χ3n) is 7.25. The lowest BCUT2D eigenvalue weighted by molar-refractivity contribution is -0.0286. The van der Waals surface area contributed by atoms with Crippen molar-refractivity contribution in [1.82, 2.24) is 18.3 Å². The Balaban J connectivity index is 1.61. The number of hydrogen-bond donors (Lipinski definition) is 0. The Morgan fingerprint density at radius 3 is 2.37 bits per heavy atom. The Morgan fingerprint density at radius 1 is 1.03 bits per heavy atom. The average molecular weight is 529 g/mol. The summed E-state index contributed by atoms with van der Waals surface area (Å²) < 4.78 is 37.9. The molecular formula is C29H28N4O4S. The molecule has 5 aromatic rings. The van der Waals surface area contributed by atoms with Crippen molar-refractivity contribution in [2.45, 2.75) is 24.6 Å². The number of nitrogens with zero attached hydrogens (tertiary/aromatic N) is 4. The highest BCUT2D eigenvalue weighted by Gasteiger charge is 2.29. The number of pyridine rings is 1. The van der Waals surface area contributed by atoms with Gasteiger partial charge in [-0.1, -0.05) is 67.6 Å². The largest absolute Gasteiger partial charge is 0.377 e. The normalized spacial score (nSPS) is 15.0. The Hall–Kier alpha value is -3.95. The quantitative estimate of drug-likeness (QED) is 0.314. The minimum atomic E-state index is -3.98. The summed E-state index contributed by atoms with van der Waals surface area (Å²) in [6, 6.07) is 20.9. The van der Waals surface area contributed by atoms with E-state index in [2.05, 4.69) is 12.0 Å². The van der Waals surface area contributed by atoms with Crippen molar-refractivity contribution in [1.29, 1.82) is 0 Å². The molecule has 9 heteroatoms. The fraction of sp³-hybridized carbons (Fsp3) is 0.241. The van der Waals surface area contributed by atoms with Crippen LogP contribution in [-0.4, -0.2) is 40.0 Å². The molecule has 8 nitrogen and oxygen atoms in total.